The second kappa shape index (κ2) is 10.9. The first kappa shape index (κ1) is 18.0. The molecule has 2 saturated carbocycles. The maximum Gasteiger partial charge on any atom is -0.0360 e. The second-order valence-electron chi connectivity index (χ2n) is 5.77. The van der Waals surface area contributed by atoms with Gasteiger partial charge in [-0.2, -0.15) is 0 Å². The van der Waals surface area contributed by atoms with Gasteiger partial charge in [0.05, 0.1) is 0 Å². The van der Waals surface area contributed by atoms with E-state index < -0.39 is 0 Å². The molecule has 0 bridgehead atoms. The Morgan fingerprint density at radius 1 is 0.833 bits per heavy atom. The summed E-state index contributed by atoms with van der Waals surface area (Å²) < 4.78 is 0. The quantitative estimate of drug-likeness (QED) is 0.489. The molecule has 0 heterocycles. The number of hydrogen-bond donors (Lipinski definition) is 0. The fourth-order valence-corrected chi connectivity index (χ4v) is 3.98. The van der Waals surface area contributed by atoms with Crippen LogP contribution in [0.15, 0.2) is 0 Å². The summed E-state index contributed by atoms with van der Waals surface area (Å²) >= 11 is 0. The molecule has 2 fully saturated rings. The SMILES string of the molecule is CC.CC.CCC1CCC2CCCCC2C(C)C1. The second-order valence-corrected chi connectivity index (χ2v) is 5.77. The third-order valence-electron chi connectivity index (χ3n) is 4.93. The standard InChI is InChI=1S/C14H26.2C2H6/c1-3-12-8-9-13-6-4-5-7-14(13)11(2)10-12;2*1-2/h11-14H,3-10H2,1-2H3;2*1-2H3. The third-order valence-corrected chi connectivity index (χ3v) is 4.93. The van der Waals surface area contributed by atoms with Gasteiger partial charge in [-0.25, -0.2) is 0 Å². The van der Waals surface area contributed by atoms with Crippen LogP contribution in [-0.2, 0) is 0 Å². The highest BCUT2D eigenvalue weighted by Crippen LogP contribution is 2.44. The zero-order valence-corrected chi connectivity index (χ0v) is 14.0. The van der Waals surface area contributed by atoms with Crippen molar-refractivity contribution in [3.63, 3.8) is 0 Å². The molecule has 18 heavy (non-hydrogen) atoms. The zero-order valence-electron chi connectivity index (χ0n) is 14.0. The van der Waals surface area contributed by atoms with Gasteiger partial charge < -0.3 is 0 Å². The Morgan fingerprint density at radius 3 is 2.06 bits per heavy atom. The van der Waals surface area contributed by atoms with E-state index in [0.717, 1.165) is 23.7 Å². The van der Waals surface area contributed by atoms with E-state index >= 15 is 0 Å². The van der Waals surface area contributed by atoms with E-state index in [1.807, 2.05) is 27.7 Å². The van der Waals surface area contributed by atoms with Gasteiger partial charge in [-0.1, -0.05) is 73.6 Å². The van der Waals surface area contributed by atoms with Crippen molar-refractivity contribution in [1.29, 1.82) is 0 Å². The van der Waals surface area contributed by atoms with Crippen molar-refractivity contribution < 1.29 is 0 Å². The van der Waals surface area contributed by atoms with E-state index in [9.17, 15) is 0 Å². The van der Waals surface area contributed by atoms with Crippen molar-refractivity contribution in [2.45, 2.75) is 92.9 Å². The molecule has 110 valence electrons. The lowest BCUT2D eigenvalue weighted by molar-refractivity contribution is 0.171. The normalized spacial score (nSPS) is 35.0. The van der Waals surface area contributed by atoms with Crippen LogP contribution in [0.4, 0.5) is 0 Å². The Labute approximate surface area is 117 Å². The van der Waals surface area contributed by atoms with Crippen LogP contribution in [-0.4, -0.2) is 0 Å². The summed E-state index contributed by atoms with van der Waals surface area (Å²) in [5.41, 5.74) is 0. The lowest BCUT2D eigenvalue weighted by Crippen LogP contribution is -2.23. The third kappa shape index (κ3) is 5.33. The van der Waals surface area contributed by atoms with Crippen LogP contribution in [0.25, 0.3) is 0 Å². The van der Waals surface area contributed by atoms with Gasteiger partial charge in [0.15, 0.2) is 0 Å². The van der Waals surface area contributed by atoms with Gasteiger partial charge in [-0.15, -0.1) is 0 Å². The molecule has 0 heteroatoms. The first-order chi connectivity index (χ1) is 8.81. The van der Waals surface area contributed by atoms with Crippen LogP contribution in [0.3, 0.4) is 0 Å². The molecule has 0 N–H and O–H groups in total. The van der Waals surface area contributed by atoms with E-state index in [0.29, 0.717) is 0 Å². The Kier molecular flexibility index (Phi) is 10.9. The van der Waals surface area contributed by atoms with Crippen molar-refractivity contribution >= 4 is 0 Å². The van der Waals surface area contributed by atoms with Crippen LogP contribution >= 0.6 is 0 Å². The van der Waals surface area contributed by atoms with Gasteiger partial charge in [0.1, 0.15) is 0 Å². The zero-order chi connectivity index (χ0) is 14.0. The minimum atomic E-state index is 1.02. The molecule has 0 radical (unpaired) electrons. The molecule has 2 aliphatic carbocycles. The Morgan fingerprint density at radius 2 is 1.44 bits per heavy atom. The van der Waals surface area contributed by atoms with Crippen molar-refractivity contribution in [2.24, 2.45) is 23.7 Å². The van der Waals surface area contributed by atoms with E-state index in [4.69, 9.17) is 0 Å². The number of hydrogen-bond acceptors (Lipinski definition) is 0. The van der Waals surface area contributed by atoms with Crippen molar-refractivity contribution in [3.05, 3.63) is 0 Å². The summed E-state index contributed by atoms with van der Waals surface area (Å²) in [5, 5.41) is 0. The molecule has 0 saturated heterocycles. The van der Waals surface area contributed by atoms with Crippen molar-refractivity contribution in [3.8, 4) is 0 Å². The highest BCUT2D eigenvalue weighted by Gasteiger charge is 2.33. The maximum atomic E-state index is 2.52. The molecule has 4 atom stereocenters. The van der Waals surface area contributed by atoms with Crippen LogP contribution in [0.2, 0.25) is 0 Å². The monoisotopic (exact) mass is 254 g/mol. The predicted octanol–water partition coefficient (Wildman–Crippen LogP) is 6.69. The minimum Gasteiger partial charge on any atom is -0.0683 e. The topological polar surface area (TPSA) is 0 Å². The van der Waals surface area contributed by atoms with E-state index in [1.165, 1.54) is 32.1 Å². The largest absolute Gasteiger partial charge is 0.0683 e. The molecule has 0 nitrogen and oxygen atoms in total. The molecule has 0 spiro atoms. The van der Waals surface area contributed by atoms with Gasteiger partial charge in [0, 0.05) is 0 Å². The summed E-state index contributed by atoms with van der Waals surface area (Å²) in [6.45, 7) is 12.9. The molecule has 0 aliphatic heterocycles. The predicted molar refractivity (Wildman–Crippen MR) is 84.9 cm³/mol. The van der Waals surface area contributed by atoms with Crippen LogP contribution in [0.1, 0.15) is 92.9 Å². The average Bonchev–Trinajstić information content (AvgIpc) is 2.63. The molecule has 2 rings (SSSR count). The molecular formula is C18H38. The molecule has 0 aromatic rings. The highest BCUT2D eigenvalue weighted by molar-refractivity contribution is 4.84. The Hall–Kier alpha value is 0. The Balaban J connectivity index is 0.000000659. The fraction of sp³-hybridized carbons (Fsp3) is 1.00. The number of rotatable bonds is 1. The van der Waals surface area contributed by atoms with Gasteiger partial charge in [-0.05, 0) is 42.9 Å². The van der Waals surface area contributed by atoms with Gasteiger partial charge in [0.25, 0.3) is 0 Å². The molecule has 4 unspecified atom stereocenters. The molecule has 0 aromatic carbocycles. The summed E-state index contributed by atoms with van der Waals surface area (Å²) in [7, 11) is 0. The van der Waals surface area contributed by atoms with Gasteiger partial charge in [-0.3, -0.25) is 0 Å². The lowest BCUT2D eigenvalue weighted by Gasteiger charge is -2.33. The minimum absolute atomic E-state index is 1.02. The van der Waals surface area contributed by atoms with Crippen LogP contribution in [0, 0.1) is 23.7 Å². The van der Waals surface area contributed by atoms with E-state index in [-0.39, 0.29) is 0 Å². The van der Waals surface area contributed by atoms with E-state index in [2.05, 4.69) is 13.8 Å². The van der Waals surface area contributed by atoms with Crippen molar-refractivity contribution in [2.75, 3.05) is 0 Å². The summed E-state index contributed by atoms with van der Waals surface area (Å²) in [4.78, 5) is 0. The van der Waals surface area contributed by atoms with Crippen LogP contribution < -0.4 is 0 Å². The summed E-state index contributed by atoms with van der Waals surface area (Å²) in [5.74, 6) is 4.28. The lowest BCUT2D eigenvalue weighted by atomic mass is 9.72. The van der Waals surface area contributed by atoms with Crippen LogP contribution in [0.5, 0.6) is 0 Å². The van der Waals surface area contributed by atoms with E-state index in [1.54, 1.807) is 19.3 Å². The first-order valence-corrected chi connectivity index (χ1v) is 8.81. The average molecular weight is 255 g/mol. The maximum absolute atomic E-state index is 2.52. The van der Waals surface area contributed by atoms with Crippen molar-refractivity contribution in [1.82, 2.24) is 0 Å². The summed E-state index contributed by atoms with van der Waals surface area (Å²) in [6.07, 6.45) is 12.2. The molecule has 0 aromatic heterocycles. The van der Waals surface area contributed by atoms with Gasteiger partial charge >= 0.3 is 0 Å². The fourth-order valence-electron chi connectivity index (χ4n) is 3.98. The number of fused-ring (bicyclic) bond motifs is 1. The van der Waals surface area contributed by atoms with Gasteiger partial charge in [0.2, 0.25) is 0 Å². The Bertz CT molecular complexity index is 173. The molecule has 2 aliphatic rings. The highest BCUT2D eigenvalue weighted by atomic mass is 14.4. The first-order valence-electron chi connectivity index (χ1n) is 8.81. The molecular weight excluding hydrogens is 216 g/mol. The molecule has 0 amide bonds. The summed E-state index contributed by atoms with van der Waals surface area (Å²) in [6, 6.07) is 0. The smallest absolute Gasteiger partial charge is 0.0360 e.